The minimum Gasteiger partial charge on any atom is -0.394 e. The summed E-state index contributed by atoms with van der Waals surface area (Å²) in [5.74, 6) is 0.796. The van der Waals surface area contributed by atoms with Crippen LogP contribution in [0.2, 0.25) is 0 Å². The van der Waals surface area contributed by atoms with Crippen molar-refractivity contribution in [3.8, 4) is 0 Å². The molecule has 4 nitrogen and oxygen atoms in total. The van der Waals surface area contributed by atoms with Crippen molar-refractivity contribution in [3.05, 3.63) is 12.4 Å². The zero-order valence-corrected chi connectivity index (χ0v) is 9.64. The van der Waals surface area contributed by atoms with Gasteiger partial charge in [-0.2, -0.15) is 0 Å². The average molecular weight is 215 g/mol. The minimum absolute atomic E-state index is 0.126. The molecule has 0 aliphatic heterocycles. The van der Waals surface area contributed by atoms with E-state index >= 15 is 0 Å². The Hall–Kier alpha value is -0.520. The highest BCUT2D eigenvalue weighted by atomic mass is 32.2. The predicted molar refractivity (Wildman–Crippen MR) is 58.5 cm³/mol. The fourth-order valence-electron chi connectivity index (χ4n) is 0.912. The third-order valence-electron chi connectivity index (χ3n) is 2.25. The van der Waals surface area contributed by atoms with Crippen molar-refractivity contribution in [1.29, 1.82) is 0 Å². The smallest absolute Gasteiger partial charge is 0.167 e. The molecule has 0 radical (unpaired) electrons. The summed E-state index contributed by atoms with van der Waals surface area (Å²) in [6.07, 6.45) is 3.69. The Kier molecular flexibility index (Phi) is 3.97. The van der Waals surface area contributed by atoms with E-state index in [9.17, 15) is 5.11 Å². The zero-order chi connectivity index (χ0) is 10.6. The SMILES string of the molecule is CNC(C)(CO)CSc1nccn1C. The number of aromatic nitrogens is 2. The highest BCUT2D eigenvalue weighted by Gasteiger charge is 2.21. The molecule has 0 aromatic carbocycles. The predicted octanol–water partition coefficient (Wildman–Crippen LogP) is 0.483. The van der Waals surface area contributed by atoms with Crippen molar-refractivity contribution in [3.63, 3.8) is 0 Å². The maximum atomic E-state index is 9.18. The molecule has 1 aromatic rings. The van der Waals surface area contributed by atoms with Gasteiger partial charge in [0.25, 0.3) is 0 Å². The molecule has 0 aliphatic carbocycles. The Balaban J connectivity index is 2.52. The number of nitrogens with zero attached hydrogens (tertiary/aromatic N) is 2. The molecule has 1 rings (SSSR count). The van der Waals surface area contributed by atoms with Crippen LogP contribution in [0, 0.1) is 0 Å². The van der Waals surface area contributed by atoms with Crippen molar-refractivity contribution >= 4 is 11.8 Å². The molecule has 1 unspecified atom stereocenters. The number of hydrogen-bond acceptors (Lipinski definition) is 4. The summed E-state index contributed by atoms with van der Waals surface area (Å²) in [5.41, 5.74) is -0.239. The van der Waals surface area contributed by atoms with Gasteiger partial charge < -0.3 is 15.0 Å². The monoisotopic (exact) mass is 215 g/mol. The molecular weight excluding hydrogens is 198 g/mol. The maximum Gasteiger partial charge on any atom is 0.167 e. The zero-order valence-electron chi connectivity index (χ0n) is 8.82. The molecule has 0 spiro atoms. The van der Waals surface area contributed by atoms with Gasteiger partial charge in [-0.25, -0.2) is 4.98 Å². The van der Waals surface area contributed by atoms with Crippen LogP contribution in [0.15, 0.2) is 17.6 Å². The van der Waals surface area contributed by atoms with Gasteiger partial charge in [-0.05, 0) is 14.0 Å². The van der Waals surface area contributed by atoms with Gasteiger partial charge in [0.15, 0.2) is 5.16 Å². The van der Waals surface area contributed by atoms with E-state index in [1.54, 1.807) is 18.0 Å². The van der Waals surface area contributed by atoms with Gasteiger partial charge >= 0.3 is 0 Å². The summed E-state index contributed by atoms with van der Waals surface area (Å²) < 4.78 is 1.97. The summed E-state index contributed by atoms with van der Waals surface area (Å²) in [7, 11) is 3.82. The molecule has 0 amide bonds. The molecule has 2 N–H and O–H groups in total. The first-order chi connectivity index (χ1) is 6.61. The number of hydrogen-bond donors (Lipinski definition) is 2. The van der Waals surface area contributed by atoms with Crippen LogP contribution in [-0.4, -0.2) is 39.6 Å². The van der Waals surface area contributed by atoms with E-state index in [2.05, 4.69) is 10.3 Å². The topological polar surface area (TPSA) is 50.1 Å². The number of likely N-dealkylation sites (N-methyl/N-ethyl adjacent to an activating group) is 1. The number of imidazole rings is 1. The Morgan fingerprint density at radius 3 is 2.86 bits per heavy atom. The maximum absolute atomic E-state index is 9.18. The van der Waals surface area contributed by atoms with Gasteiger partial charge in [0.05, 0.1) is 6.61 Å². The highest BCUT2D eigenvalue weighted by molar-refractivity contribution is 7.99. The molecule has 0 saturated heterocycles. The lowest BCUT2D eigenvalue weighted by molar-refractivity contribution is 0.200. The third-order valence-corrected chi connectivity index (χ3v) is 3.68. The van der Waals surface area contributed by atoms with Crippen molar-refractivity contribution in [2.45, 2.75) is 17.6 Å². The Morgan fingerprint density at radius 1 is 1.71 bits per heavy atom. The summed E-state index contributed by atoms with van der Waals surface area (Å²) in [5, 5.41) is 13.3. The van der Waals surface area contributed by atoms with Crippen LogP contribution in [0.5, 0.6) is 0 Å². The number of thioether (sulfide) groups is 1. The van der Waals surface area contributed by atoms with E-state index in [-0.39, 0.29) is 12.1 Å². The number of rotatable bonds is 5. The molecule has 0 bridgehead atoms. The molecule has 1 atom stereocenters. The number of aliphatic hydroxyl groups is 1. The van der Waals surface area contributed by atoms with Crippen LogP contribution in [-0.2, 0) is 7.05 Å². The second-order valence-electron chi connectivity index (χ2n) is 3.58. The quantitative estimate of drug-likeness (QED) is 0.702. The molecule has 0 fully saturated rings. The molecule has 14 heavy (non-hydrogen) atoms. The van der Waals surface area contributed by atoms with Crippen LogP contribution < -0.4 is 5.32 Å². The lowest BCUT2D eigenvalue weighted by atomic mass is 10.1. The summed E-state index contributed by atoms with van der Waals surface area (Å²) >= 11 is 1.64. The molecule has 5 heteroatoms. The lowest BCUT2D eigenvalue weighted by Gasteiger charge is -2.25. The molecular formula is C9H17N3OS. The first-order valence-corrected chi connectivity index (χ1v) is 5.50. The Labute approximate surface area is 88.7 Å². The van der Waals surface area contributed by atoms with Gasteiger partial charge in [-0.1, -0.05) is 11.8 Å². The van der Waals surface area contributed by atoms with Crippen molar-refractivity contribution in [2.24, 2.45) is 7.05 Å². The number of aryl methyl sites for hydroxylation is 1. The van der Waals surface area contributed by atoms with Gasteiger partial charge in [0.2, 0.25) is 0 Å². The first kappa shape index (κ1) is 11.6. The second kappa shape index (κ2) is 4.82. The normalized spacial score (nSPS) is 15.4. The van der Waals surface area contributed by atoms with Crippen LogP contribution in [0.1, 0.15) is 6.92 Å². The summed E-state index contributed by atoms with van der Waals surface area (Å²) in [6, 6.07) is 0. The summed E-state index contributed by atoms with van der Waals surface area (Å²) in [4.78, 5) is 4.20. The Bertz CT molecular complexity index is 283. The standard InChI is InChI=1S/C9H17N3OS/c1-9(6-13,10-2)7-14-8-11-4-5-12(8)3/h4-5,10,13H,6-7H2,1-3H3. The van der Waals surface area contributed by atoms with Crippen molar-refractivity contribution < 1.29 is 5.11 Å². The number of aliphatic hydroxyl groups excluding tert-OH is 1. The van der Waals surface area contributed by atoms with Crippen LogP contribution in [0.4, 0.5) is 0 Å². The molecule has 0 aliphatic rings. The van der Waals surface area contributed by atoms with Gasteiger partial charge in [0.1, 0.15) is 0 Å². The minimum atomic E-state index is -0.239. The fourth-order valence-corrected chi connectivity index (χ4v) is 1.99. The molecule has 1 aromatic heterocycles. The van der Waals surface area contributed by atoms with Gasteiger partial charge in [-0.3, -0.25) is 0 Å². The van der Waals surface area contributed by atoms with Gasteiger partial charge in [-0.15, -0.1) is 0 Å². The Morgan fingerprint density at radius 2 is 2.43 bits per heavy atom. The third kappa shape index (κ3) is 2.73. The van der Waals surface area contributed by atoms with Crippen molar-refractivity contribution in [1.82, 2.24) is 14.9 Å². The van der Waals surface area contributed by atoms with E-state index in [4.69, 9.17) is 0 Å². The van der Waals surface area contributed by atoms with E-state index in [1.807, 2.05) is 31.8 Å². The fraction of sp³-hybridized carbons (Fsp3) is 0.667. The van der Waals surface area contributed by atoms with E-state index in [0.29, 0.717) is 0 Å². The van der Waals surface area contributed by atoms with Crippen LogP contribution in [0.25, 0.3) is 0 Å². The molecule has 0 saturated carbocycles. The van der Waals surface area contributed by atoms with E-state index < -0.39 is 0 Å². The van der Waals surface area contributed by atoms with Crippen LogP contribution >= 0.6 is 11.8 Å². The highest BCUT2D eigenvalue weighted by Crippen LogP contribution is 2.19. The largest absolute Gasteiger partial charge is 0.394 e. The van der Waals surface area contributed by atoms with Crippen LogP contribution in [0.3, 0.4) is 0 Å². The lowest BCUT2D eigenvalue weighted by Crippen LogP contribution is -2.45. The first-order valence-electron chi connectivity index (χ1n) is 4.51. The number of nitrogens with one attached hydrogen (secondary N) is 1. The van der Waals surface area contributed by atoms with Gasteiger partial charge in [0, 0.05) is 30.7 Å². The van der Waals surface area contributed by atoms with Crippen molar-refractivity contribution in [2.75, 3.05) is 19.4 Å². The molecule has 1 heterocycles. The second-order valence-corrected chi connectivity index (χ2v) is 4.52. The summed E-state index contributed by atoms with van der Waals surface area (Å²) in [6.45, 7) is 2.11. The van der Waals surface area contributed by atoms with E-state index in [1.165, 1.54) is 0 Å². The molecule has 80 valence electrons. The average Bonchev–Trinajstić information content (AvgIpc) is 2.61. The van der Waals surface area contributed by atoms with E-state index in [0.717, 1.165) is 10.9 Å².